The molecule has 3 N–H and O–H groups in total. The summed E-state index contributed by atoms with van der Waals surface area (Å²) in [7, 11) is 1.76. The van der Waals surface area contributed by atoms with Gasteiger partial charge in [-0.2, -0.15) is 5.10 Å². The van der Waals surface area contributed by atoms with Crippen molar-refractivity contribution in [2.24, 2.45) is 0 Å². The maximum absolute atomic E-state index is 13.3. The van der Waals surface area contributed by atoms with Gasteiger partial charge in [0.1, 0.15) is 5.58 Å². The van der Waals surface area contributed by atoms with Gasteiger partial charge in [0.15, 0.2) is 5.76 Å². The minimum absolute atomic E-state index is 0.0343. The average Bonchev–Trinajstić information content (AvgIpc) is 3.40. The molecule has 7 nitrogen and oxygen atoms in total. The number of aromatic amines is 1. The van der Waals surface area contributed by atoms with Crippen LogP contribution in [0.15, 0.2) is 35.0 Å². The third kappa shape index (κ3) is 3.86. The summed E-state index contributed by atoms with van der Waals surface area (Å²) in [6.07, 6.45) is 5.37. The maximum Gasteiger partial charge on any atom is 0.289 e. The molecule has 0 unspecified atom stereocenters. The van der Waals surface area contributed by atoms with Gasteiger partial charge in [-0.15, -0.1) is 0 Å². The van der Waals surface area contributed by atoms with Crippen LogP contribution in [0.4, 0.5) is 5.69 Å². The second kappa shape index (κ2) is 8.08. The Morgan fingerprint density at radius 3 is 2.65 bits per heavy atom. The number of carbonyl (C=O) groups is 1. The maximum atomic E-state index is 13.3. The minimum atomic E-state index is -0.290. The summed E-state index contributed by atoms with van der Waals surface area (Å²) in [5, 5.41) is 15.8. The summed E-state index contributed by atoms with van der Waals surface area (Å²) in [5.41, 5.74) is 4.06. The first-order valence-electron chi connectivity index (χ1n) is 11.9. The Labute approximate surface area is 204 Å². The number of halogens is 1. The number of fused-ring (bicyclic) bond motifs is 4. The van der Waals surface area contributed by atoms with E-state index in [1.54, 1.807) is 18.0 Å². The lowest BCUT2D eigenvalue weighted by molar-refractivity contribution is 0.0754. The fourth-order valence-electron chi connectivity index (χ4n) is 5.23. The molecule has 8 heteroatoms. The van der Waals surface area contributed by atoms with E-state index in [2.05, 4.69) is 48.2 Å². The van der Waals surface area contributed by atoms with Crippen LogP contribution < -0.4 is 10.6 Å². The number of rotatable bonds is 3. The van der Waals surface area contributed by atoms with Crippen LogP contribution in [0.5, 0.6) is 0 Å². The van der Waals surface area contributed by atoms with Gasteiger partial charge in [-0.1, -0.05) is 58.2 Å². The molecule has 0 atom stereocenters. The summed E-state index contributed by atoms with van der Waals surface area (Å²) in [5.74, 6) is 0.844. The Morgan fingerprint density at radius 2 is 1.97 bits per heavy atom. The molecule has 180 valence electrons. The van der Waals surface area contributed by atoms with Gasteiger partial charge in [0.05, 0.1) is 34.3 Å². The number of benzene rings is 1. The van der Waals surface area contributed by atoms with Crippen molar-refractivity contribution < 1.29 is 9.21 Å². The molecular formula is C26H32ClN5O2. The number of amides is 1. The highest BCUT2D eigenvalue weighted by molar-refractivity contribution is 6.34. The van der Waals surface area contributed by atoms with Gasteiger partial charge in [-0.25, -0.2) is 0 Å². The first-order chi connectivity index (χ1) is 16.1. The van der Waals surface area contributed by atoms with Crippen LogP contribution >= 0.6 is 11.6 Å². The van der Waals surface area contributed by atoms with Crippen molar-refractivity contribution in [1.29, 1.82) is 0 Å². The third-order valence-corrected chi connectivity index (χ3v) is 7.30. The molecule has 1 aromatic carbocycles. The summed E-state index contributed by atoms with van der Waals surface area (Å²) in [6.45, 7) is 10.9. The Hall–Kier alpha value is -2.93. The number of hydrogen-bond acceptors (Lipinski definition) is 5. The summed E-state index contributed by atoms with van der Waals surface area (Å²) < 4.78 is 6.28. The minimum Gasteiger partial charge on any atom is -0.450 e. The van der Waals surface area contributed by atoms with E-state index in [1.807, 2.05) is 12.1 Å². The molecule has 2 aromatic heterocycles. The van der Waals surface area contributed by atoms with E-state index in [0.29, 0.717) is 22.9 Å². The highest BCUT2D eigenvalue weighted by Crippen LogP contribution is 2.49. The molecule has 3 heterocycles. The van der Waals surface area contributed by atoms with Crippen LogP contribution in [-0.4, -0.2) is 28.1 Å². The van der Waals surface area contributed by atoms with Gasteiger partial charge in [0.25, 0.3) is 5.91 Å². The van der Waals surface area contributed by atoms with Crippen LogP contribution in [0.1, 0.15) is 80.4 Å². The van der Waals surface area contributed by atoms with Crippen LogP contribution in [-0.2, 0) is 17.5 Å². The van der Waals surface area contributed by atoms with Gasteiger partial charge >= 0.3 is 0 Å². The number of anilines is 1. The zero-order valence-corrected chi connectivity index (χ0v) is 21.0. The molecule has 0 saturated heterocycles. The lowest BCUT2D eigenvalue weighted by Gasteiger charge is -2.44. The molecule has 1 spiro atoms. The van der Waals surface area contributed by atoms with Gasteiger partial charge in [0, 0.05) is 29.1 Å². The first-order valence-corrected chi connectivity index (χ1v) is 12.3. The fraction of sp³-hybridized carbons (Fsp3) is 0.462. The quantitative estimate of drug-likeness (QED) is 0.425. The molecule has 0 bridgehead atoms. The monoisotopic (exact) mass is 481 g/mol. The summed E-state index contributed by atoms with van der Waals surface area (Å²) in [6, 6.07) is 5.67. The molecule has 0 radical (unpaired) electrons. The van der Waals surface area contributed by atoms with E-state index in [1.165, 1.54) is 6.42 Å². The number of nitrogens with one attached hydrogen (secondary N) is 3. The van der Waals surface area contributed by atoms with Gasteiger partial charge in [-0.3, -0.25) is 9.89 Å². The van der Waals surface area contributed by atoms with Gasteiger partial charge in [0.2, 0.25) is 0 Å². The normalized spacial score (nSPS) is 17.4. The zero-order valence-electron chi connectivity index (χ0n) is 20.3. The van der Waals surface area contributed by atoms with Crippen LogP contribution in [0.2, 0.25) is 5.02 Å². The molecule has 2 aliphatic rings. The second-order valence-electron chi connectivity index (χ2n) is 10.7. The summed E-state index contributed by atoms with van der Waals surface area (Å²) in [4.78, 5) is 14.9. The molecule has 1 fully saturated rings. The second-order valence-corrected chi connectivity index (χ2v) is 11.1. The Bertz CT molecular complexity index is 1280. The van der Waals surface area contributed by atoms with Crippen molar-refractivity contribution in [3.8, 4) is 0 Å². The standard InChI is InChI=1S/C26H32ClN5O2/c1-15-28-22-18(27)11-16-12-19(34-23(16)21(22)26(29-15)9-7-6-8-10-26)24(33)32(5)14-17-13-20(31-30-17)25(2,3)4/h11-13,28-29H,1,6-10,14H2,2-5H3,(H,30,31). The lowest BCUT2D eigenvalue weighted by atomic mass is 9.74. The number of nitrogens with zero attached hydrogens (tertiary/aromatic N) is 2. The molecule has 1 amide bonds. The predicted molar refractivity (Wildman–Crippen MR) is 135 cm³/mol. The van der Waals surface area contributed by atoms with Crippen molar-refractivity contribution in [2.75, 3.05) is 12.4 Å². The molecule has 1 saturated carbocycles. The van der Waals surface area contributed by atoms with Crippen LogP contribution in [0.25, 0.3) is 11.0 Å². The first kappa shape index (κ1) is 22.8. The highest BCUT2D eigenvalue weighted by Gasteiger charge is 2.42. The zero-order chi connectivity index (χ0) is 24.3. The molecule has 1 aliphatic carbocycles. The number of H-pyrrole nitrogens is 1. The number of furan rings is 1. The Kier molecular flexibility index (Phi) is 5.43. The van der Waals surface area contributed by atoms with Crippen molar-refractivity contribution in [2.45, 2.75) is 70.4 Å². The van der Waals surface area contributed by atoms with Gasteiger partial charge < -0.3 is 20.0 Å². The van der Waals surface area contributed by atoms with E-state index < -0.39 is 0 Å². The number of hydrogen-bond donors (Lipinski definition) is 3. The van der Waals surface area contributed by atoms with Crippen molar-refractivity contribution in [3.63, 3.8) is 0 Å². The highest BCUT2D eigenvalue weighted by atomic mass is 35.5. The third-order valence-electron chi connectivity index (χ3n) is 7.01. The Balaban J connectivity index is 1.50. The summed E-state index contributed by atoms with van der Waals surface area (Å²) >= 11 is 6.71. The molecular weight excluding hydrogens is 450 g/mol. The number of carbonyl (C=O) groups excluding carboxylic acids is 1. The smallest absolute Gasteiger partial charge is 0.289 e. The molecule has 34 heavy (non-hydrogen) atoms. The fourth-order valence-corrected chi connectivity index (χ4v) is 5.49. The van der Waals surface area contributed by atoms with Crippen molar-refractivity contribution in [3.05, 3.63) is 58.3 Å². The van der Waals surface area contributed by atoms with Crippen LogP contribution in [0.3, 0.4) is 0 Å². The van der Waals surface area contributed by atoms with E-state index in [9.17, 15) is 4.79 Å². The lowest BCUT2D eigenvalue weighted by Crippen LogP contribution is -2.48. The molecule has 5 rings (SSSR count). The molecule has 1 aliphatic heterocycles. The van der Waals surface area contributed by atoms with E-state index >= 15 is 0 Å². The van der Waals surface area contributed by atoms with E-state index in [-0.39, 0.29) is 16.9 Å². The van der Waals surface area contributed by atoms with E-state index in [0.717, 1.165) is 59.5 Å². The number of aromatic nitrogens is 2. The van der Waals surface area contributed by atoms with Gasteiger partial charge in [-0.05, 0) is 31.0 Å². The Morgan fingerprint density at radius 1 is 1.24 bits per heavy atom. The van der Waals surface area contributed by atoms with Crippen molar-refractivity contribution in [1.82, 2.24) is 20.4 Å². The van der Waals surface area contributed by atoms with Crippen LogP contribution in [0, 0.1) is 0 Å². The SMILES string of the molecule is C=C1Nc2c(Cl)cc3cc(C(=O)N(C)Cc4cc(C(C)(C)C)[nH]n4)oc3c2C2(CCCCC2)N1. The topological polar surface area (TPSA) is 86.2 Å². The molecule has 3 aromatic rings. The largest absolute Gasteiger partial charge is 0.450 e. The average molecular weight is 482 g/mol. The van der Waals surface area contributed by atoms with Crippen molar-refractivity contribution >= 4 is 34.2 Å². The predicted octanol–water partition coefficient (Wildman–Crippen LogP) is 6.02. The van der Waals surface area contributed by atoms with E-state index in [4.69, 9.17) is 16.0 Å².